The first kappa shape index (κ1) is 18.2. The molecule has 1 heterocycles. The highest BCUT2D eigenvalue weighted by molar-refractivity contribution is 6.23. The van der Waals surface area contributed by atoms with Crippen molar-refractivity contribution in [1.82, 2.24) is 4.90 Å². The van der Waals surface area contributed by atoms with Crippen LogP contribution >= 0.6 is 0 Å². The van der Waals surface area contributed by atoms with Crippen molar-refractivity contribution in [3.05, 3.63) is 69.0 Å². The van der Waals surface area contributed by atoms with Crippen molar-refractivity contribution in [1.29, 1.82) is 0 Å². The molecule has 0 aromatic heterocycles. The van der Waals surface area contributed by atoms with Gasteiger partial charge in [0.1, 0.15) is 11.4 Å². The summed E-state index contributed by atoms with van der Waals surface area (Å²) in [5, 5.41) is 13.6. The van der Waals surface area contributed by atoms with E-state index in [0.29, 0.717) is 5.56 Å². The normalized spacial score (nSPS) is 12.9. The number of halogens is 1. The first-order valence-electron chi connectivity index (χ1n) is 7.99. The van der Waals surface area contributed by atoms with Gasteiger partial charge >= 0.3 is 0 Å². The van der Waals surface area contributed by atoms with E-state index in [9.17, 15) is 28.9 Å². The van der Waals surface area contributed by atoms with Crippen LogP contribution in [0.25, 0.3) is 0 Å². The predicted octanol–water partition coefficient (Wildman–Crippen LogP) is 2.67. The number of benzene rings is 2. The van der Waals surface area contributed by atoms with Crippen LogP contribution in [0.15, 0.2) is 36.4 Å². The van der Waals surface area contributed by atoms with E-state index in [1.807, 2.05) is 0 Å². The van der Waals surface area contributed by atoms with E-state index >= 15 is 0 Å². The Hall–Kier alpha value is -3.62. The topological polar surface area (TPSA) is 110 Å². The van der Waals surface area contributed by atoms with E-state index in [-0.39, 0.29) is 29.8 Å². The van der Waals surface area contributed by atoms with E-state index in [1.54, 1.807) is 6.92 Å². The summed E-state index contributed by atoms with van der Waals surface area (Å²) >= 11 is 0. The minimum atomic E-state index is -0.808. The standard InChI is InChI=1S/C18H14FN3O5/c1-10-5-6-11(19)9-13(10)20-15(23)7-8-21-17(24)12-3-2-4-14(22(26)27)16(12)18(21)25/h2-6,9H,7-8H2,1H3,(H,20,23). The zero-order chi connectivity index (χ0) is 19.7. The van der Waals surface area contributed by atoms with Crippen LogP contribution in [-0.4, -0.2) is 34.1 Å². The van der Waals surface area contributed by atoms with Crippen molar-refractivity contribution in [2.45, 2.75) is 13.3 Å². The minimum absolute atomic E-state index is 0.0596. The Morgan fingerprint density at radius 1 is 1.22 bits per heavy atom. The molecule has 0 aliphatic carbocycles. The molecule has 0 bridgehead atoms. The van der Waals surface area contributed by atoms with Gasteiger partial charge in [-0.2, -0.15) is 0 Å². The molecule has 8 nitrogen and oxygen atoms in total. The number of anilines is 1. The van der Waals surface area contributed by atoms with Gasteiger partial charge in [0.15, 0.2) is 0 Å². The van der Waals surface area contributed by atoms with Crippen LogP contribution in [0.3, 0.4) is 0 Å². The second-order valence-electron chi connectivity index (χ2n) is 5.98. The van der Waals surface area contributed by atoms with E-state index in [4.69, 9.17) is 0 Å². The Morgan fingerprint density at radius 2 is 1.96 bits per heavy atom. The molecule has 9 heteroatoms. The molecule has 0 saturated heterocycles. The molecule has 0 radical (unpaired) electrons. The fourth-order valence-corrected chi connectivity index (χ4v) is 2.83. The van der Waals surface area contributed by atoms with Crippen LogP contribution in [0.5, 0.6) is 0 Å². The predicted molar refractivity (Wildman–Crippen MR) is 92.8 cm³/mol. The van der Waals surface area contributed by atoms with Gasteiger partial charge in [-0.05, 0) is 30.7 Å². The summed E-state index contributed by atoms with van der Waals surface area (Å²) in [6, 6.07) is 7.74. The number of carbonyl (C=O) groups is 3. The number of carbonyl (C=O) groups excluding carboxylic acids is 3. The average molecular weight is 371 g/mol. The molecule has 0 unspecified atom stereocenters. The third-order valence-corrected chi connectivity index (χ3v) is 4.21. The van der Waals surface area contributed by atoms with Gasteiger partial charge in [-0.15, -0.1) is 0 Å². The number of fused-ring (bicyclic) bond motifs is 1. The van der Waals surface area contributed by atoms with Crippen molar-refractivity contribution in [3.8, 4) is 0 Å². The molecule has 1 N–H and O–H groups in total. The first-order valence-corrected chi connectivity index (χ1v) is 7.99. The van der Waals surface area contributed by atoms with Crippen LogP contribution in [0, 0.1) is 22.9 Å². The molecule has 3 amide bonds. The van der Waals surface area contributed by atoms with Gasteiger partial charge in [-0.3, -0.25) is 29.4 Å². The summed E-state index contributed by atoms with van der Waals surface area (Å²) in [6.07, 6.45) is -0.227. The maximum Gasteiger partial charge on any atom is 0.282 e. The van der Waals surface area contributed by atoms with Gasteiger partial charge in [-0.1, -0.05) is 12.1 Å². The molecular formula is C18H14FN3O5. The van der Waals surface area contributed by atoms with E-state index in [2.05, 4.69) is 5.32 Å². The van der Waals surface area contributed by atoms with Gasteiger partial charge in [0.25, 0.3) is 17.5 Å². The van der Waals surface area contributed by atoms with Crippen LogP contribution < -0.4 is 5.32 Å². The Morgan fingerprint density at radius 3 is 2.67 bits per heavy atom. The molecule has 138 valence electrons. The van der Waals surface area contributed by atoms with Crippen molar-refractivity contribution in [3.63, 3.8) is 0 Å². The second-order valence-corrected chi connectivity index (χ2v) is 5.98. The highest BCUT2D eigenvalue weighted by Crippen LogP contribution is 2.30. The van der Waals surface area contributed by atoms with Crippen molar-refractivity contribution >= 4 is 29.1 Å². The van der Waals surface area contributed by atoms with E-state index in [0.717, 1.165) is 11.0 Å². The fourth-order valence-electron chi connectivity index (χ4n) is 2.83. The molecular weight excluding hydrogens is 357 g/mol. The molecule has 27 heavy (non-hydrogen) atoms. The number of amides is 3. The van der Waals surface area contributed by atoms with Gasteiger partial charge < -0.3 is 5.32 Å². The number of hydrogen-bond acceptors (Lipinski definition) is 5. The Labute approximate surface area is 152 Å². The maximum atomic E-state index is 13.3. The number of nitrogens with zero attached hydrogens (tertiary/aromatic N) is 2. The molecule has 0 saturated carbocycles. The lowest BCUT2D eigenvalue weighted by atomic mass is 10.1. The summed E-state index contributed by atoms with van der Waals surface area (Å²) in [5.74, 6) is -2.52. The molecule has 0 atom stereocenters. The second kappa shape index (κ2) is 6.94. The molecule has 1 aliphatic heterocycles. The molecule has 1 aliphatic rings. The van der Waals surface area contributed by atoms with E-state index in [1.165, 1.54) is 30.3 Å². The summed E-state index contributed by atoms with van der Waals surface area (Å²) in [7, 11) is 0. The van der Waals surface area contributed by atoms with Gasteiger partial charge in [0.2, 0.25) is 5.91 Å². The van der Waals surface area contributed by atoms with E-state index < -0.39 is 34.1 Å². The number of nitro groups is 1. The largest absolute Gasteiger partial charge is 0.326 e. The Balaban J connectivity index is 1.72. The van der Waals surface area contributed by atoms with Crippen LogP contribution in [0.1, 0.15) is 32.7 Å². The van der Waals surface area contributed by atoms with Crippen LogP contribution in [0.2, 0.25) is 0 Å². The first-order chi connectivity index (χ1) is 12.8. The van der Waals surface area contributed by atoms with Crippen molar-refractivity contribution in [2.24, 2.45) is 0 Å². The van der Waals surface area contributed by atoms with Crippen molar-refractivity contribution in [2.75, 3.05) is 11.9 Å². The monoisotopic (exact) mass is 371 g/mol. The molecule has 2 aromatic rings. The summed E-state index contributed by atoms with van der Waals surface area (Å²) in [5.41, 5.74) is 0.164. The zero-order valence-corrected chi connectivity index (χ0v) is 14.2. The summed E-state index contributed by atoms with van der Waals surface area (Å²) in [4.78, 5) is 48.0. The highest BCUT2D eigenvalue weighted by atomic mass is 19.1. The third-order valence-electron chi connectivity index (χ3n) is 4.21. The van der Waals surface area contributed by atoms with Crippen LogP contribution in [0.4, 0.5) is 15.8 Å². The smallest absolute Gasteiger partial charge is 0.282 e. The Bertz CT molecular complexity index is 989. The third kappa shape index (κ3) is 3.39. The SMILES string of the molecule is Cc1ccc(F)cc1NC(=O)CCN1C(=O)c2cccc([N+](=O)[O-])c2C1=O. The van der Waals surface area contributed by atoms with Gasteiger partial charge in [0.05, 0.1) is 10.5 Å². The molecule has 2 aromatic carbocycles. The zero-order valence-electron chi connectivity index (χ0n) is 14.2. The number of hydrogen-bond donors (Lipinski definition) is 1. The lowest BCUT2D eigenvalue weighted by Crippen LogP contribution is -2.33. The molecule has 0 fully saturated rings. The van der Waals surface area contributed by atoms with Crippen molar-refractivity contribution < 1.29 is 23.7 Å². The number of imide groups is 1. The molecule has 0 spiro atoms. The summed E-state index contributed by atoms with van der Waals surface area (Å²) in [6.45, 7) is 1.45. The van der Waals surface area contributed by atoms with Crippen LogP contribution in [-0.2, 0) is 4.79 Å². The quantitative estimate of drug-likeness (QED) is 0.494. The number of nitrogens with one attached hydrogen (secondary N) is 1. The number of rotatable bonds is 5. The Kier molecular flexibility index (Phi) is 4.68. The van der Waals surface area contributed by atoms with Gasteiger partial charge in [0, 0.05) is 24.7 Å². The highest BCUT2D eigenvalue weighted by Gasteiger charge is 2.40. The lowest BCUT2D eigenvalue weighted by Gasteiger charge is -2.14. The lowest BCUT2D eigenvalue weighted by molar-refractivity contribution is -0.385. The van der Waals surface area contributed by atoms with Gasteiger partial charge in [-0.25, -0.2) is 4.39 Å². The number of aryl methyl sites for hydroxylation is 1. The minimum Gasteiger partial charge on any atom is -0.326 e. The number of nitro benzene ring substituents is 1. The average Bonchev–Trinajstić information content (AvgIpc) is 2.87. The molecule has 3 rings (SSSR count). The summed E-state index contributed by atoms with van der Waals surface area (Å²) < 4.78 is 13.3. The fraction of sp³-hybridized carbons (Fsp3) is 0.167. The maximum absolute atomic E-state index is 13.3.